The quantitative estimate of drug-likeness (QED) is 0.0174. The van der Waals surface area contributed by atoms with Crippen LogP contribution in [0.25, 0.3) is 21.8 Å². The van der Waals surface area contributed by atoms with Gasteiger partial charge < -0.3 is 136 Å². The molecule has 15 atom stereocenters. The molecule has 44 nitrogen and oxygen atoms in total. The number of guanidine groups is 1. The summed E-state index contributed by atoms with van der Waals surface area (Å²) in [4.78, 5) is 257. The lowest BCUT2D eigenvalue weighted by Crippen LogP contribution is -2.62. The molecule has 0 spiro atoms. The van der Waals surface area contributed by atoms with Gasteiger partial charge in [-0.25, -0.2) is 0 Å². The maximum Gasteiger partial charge on any atom is 0.246 e. The number of hydrogen-bond acceptors (Lipinski definition) is 24. The minimum atomic E-state index is -1.90. The van der Waals surface area contributed by atoms with Crippen LogP contribution in [-0.2, 0) is 101 Å². The number of benzene rings is 3. The Morgan fingerprint density at radius 1 is 0.539 bits per heavy atom. The van der Waals surface area contributed by atoms with Crippen LogP contribution in [0.5, 0.6) is 5.75 Å². The van der Waals surface area contributed by atoms with Gasteiger partial charge in [-0.1, -0.05) is 68.3 Å². The summed E-state index contributed by atoms with van der Waals surface area (Å²) in [6, 6.07) is -3.04. The Morgan fingerprint density at radius 2 is 1.08 bits per heavy atom. The molecule has 26 N–H and O–H groups in total. The first kappa shape index (κ1) is 100. The Balaban J connectivity index is 1.16. The second-order valence-electron chi connectivity index (χ2n) is 31.8. The van der Waals surface area contributed by atoms with E-state index in [4.69, 9.17) is 28.3 Å². The Hall–Kier alpha value is -13.0. The van der Waals surface area contributed by atoms with Crippen molar-refractivity contribution in [2.75, 3.05) is 78.6 Å². The highest BCUT2D eigenvalue weighted by atomic mass is 32.2. The van der Waals surface area contributed by atoms with Gasteiger partial charge >= 0.3 is 0 Å². The largest absolute Gasteiger partial charge is 0.508 e. The van der Waals surface area contributed by atoms with Crippen LogP contribution in [0.2, 0.25) is 0 Å². The molecule has 3 aromatic carbocycles. The Labute approximate surface area is 741 Å². The van der Waals surface area contributed by atoms with Crippen LogP contribution >= 0.6 is 11.8 Å². The number of phenolic OH excluding ortho intramolecular Hbond substituents is 1. The fourth-order valence-electron chi connectivity index (χ4n) is 15.3. The number of amides is 17. The molecule has 5 aromatic rings. The summed E-state index contributed by atoms with van der Waals surface area (Å²) >= 11 is 0.747. The summed E-state index contributed by atoms with van der Waals surface area (Å²) < 4.78 is 0. The summed E-state index contributed by atoms with van der Waals surface area (Å²) in [5.74, 6) is -18.6. The number of carbonyl (C=O) groups is 17. The average molecular weight is 1810 g/mol. The maximum atomic E-state index is 15.2. The van der Waals surface area contributed by atoms with Crippen LogP contribution in [0.15, 0.2) is 85.2 Å². The molecule has 0 bridgehead atoms. The third-order valence-corrected chi connectivity index (χ3v) is 23.7. The number of aromatic hydroxyl groups is 1. The second-order valence-corrected chi connectivity index (χ2v) is 32.9. The van der Waals surface area contributed by atoms with E-state index in [1.807, 2.05) is 0 Å². The zero-order valence-electron chi connectivity index (χ0n) is 72.0. The van der Waals surface area contributed by atoms with Crippen LogP contribution < -0.4 is 81.4 Å². The standard InChI is InChI=1S/C83H117N23O21S/c1-7-8-20-63-75(120)98-59(34-66(85)111)82(127)105-28-14-21-64(105)76(121)100-61(40-108)74(119)95-55(26-29-107)81(126)106-39-49(110)33-65(106)77(122)96-56(31-46-36-90-52-17-11-9-15-50(46)52)72(117)99-60(35-84)73(118)97-58(32-47-37-91-53-18-12-10-16-51(47)53)79(124)103(5)44(3)78(123)102(4)43(2)69(114)94-54(19-13-27-89-83(87)88)71(116)101-62(70(115)92-38-67(86)112)41-128-42-68(113)93-57(80(125)104(63)6)30-45-22-24-48(109)25-23-45/h9-12,15-18,22-25,36-37,43-44,49,54-65,90-91,107-110H,7-8,13-14,19-21,26-35,38-42,84H2,1-6H3,(H2,85,111)(H2,86,112)(H,92,115)(H,93,113)(H,94,114)(H,95,119)(H,96,122)(H,97,118)(H,98,120)(H,99,117)(H,100,121)(H,101,116)(H4,87,88,89)/t43-,44-,49+,54-,55-,56-,57-,58-,59-,60-,61-,62?,63-,64-,65-/m0/s1. The van der Waals surface area contributed by atoms with E-state index in [0.29, 0.717) is 44.9 Å². The number of phenols is 1. The van der Waals surface area contributed by atoms with E-state index >= 15 is 14.4 Å². The molecule has 3 aliphatic heterocycles. The number of H-pyrrole nitrogens is 2. The Morgan fingerprint density at radius 3 is 1.69 bits per heavy atom. The number of aliphatic hydroxyl groups is 3. The number of aromatic amines is 2. The smallest absolute Gasteiger partial charge is 0.246 e. The molecule has 0 saturated carbocycles. The number of aliphatic hydroxyl groups excluding tert-OH is 3. The Bertz CT molecular complexity index is 4860. The highest BCUT2D eigenvalue weighted by Crippen LogP contribution is 2.27. The van der Waals surface area contributed by atoms with Crippen molar-refractivity contribution in [3.05, 3.63) is 102 Å². The molecule has 3 saturated heterocycles. The van der Waals surface area contributed by atoms with Crippen molar-refractivity contribution in [2.45, 2.75) is 195 Å². The van der Waals surface area contributed by atoms with Gasteiger partial charge in [0.15, 0.2) is 5.96 Å². The predicted molar refractivity (Wildman–Crippen MR) is 465 cm³/mol. The monoisotopic (exact) mass is 1800 g/mol. The molecular weight excluding hydrogens is 1690 g/mol. The molecule has 1 unspecified atom stereocenters. The molecule has 0 aliphatic carbocycles. The van der Waals surface area contributed by atoms with Crippen molar-refractivity contribution in [1.29, 1.82) is 5.41 Å². The van der Waals surface area contributed by atoms with Crippen molar-refractivity contribution in [3.8, 4) is 5.75 Å². The fourth-order valence-corrected chi connectivity index (χ4v) is 16.1. The van der Waals surface area contributed by atoms with Gasteiger partial charge in [-0.3, -0.25) is 86.9 Å². The summed E-state index contributed by atoms with van der Waals surface area (Å²) in [5.41, 5.74) is 25.6. The number of hydrogen-bond donors (Lipinski definition) is 22. The predicted octanol–water partition coefficient (Wildman–Crippen LogP) is -6.77. The molecule has 0 radical (unpaired) electrons. The van der Waals surface area contributed by atoms with Crippen LogP contribution in [0.3, 0.4) is 0 Å². The number of primary amides is 2. The summed E-state index contributed by atoms with van der Waals surface area (Å²) in [5, 5.41) is 79.5. The number of fused-ring (bicyclic) bond motifs is 4. The van der Waals surface area contributed by atoms with Crippen molar-refractivity contribution in [1.82, 2.24) is 93.0 Å². The van der Waals surface area contributed by atoms with E-state index in [9.17, 15) is 87.5 Å². The van der Waals surface area contributed by atoms with Gasteiger partial charge in [0.05, 0.1) is 31.4 Å². The molecular formula is C83H117N23O21S. The van der Waals surface area contributed by atoms with Gasteiger partial charge in [0.25, 0.3) is 0 Å². The number of nitrogens with two attached hydrogens (primary N) is 4. The SMILES string of the molecule is CCCC[C@H]1C(=O)N[C@@H](CC(N)=O)C(=O)N2CCC[C@H]2C(=O)N[C@@H](CO)C(=O)N[C@@H](CCO)C(=O)N2C[C@H](O)C[C@H]2C(=O)N[C@@H](Cc2c[nH]c3ccccc23)C(=O)N[C@@H](CN)C(=O)N[C@@H](Cc2c[nH]c3ccccc23)C(=O)N(C)[C@@H](C)C(=O)N(C)[C@@H](C)C(=O)N[C@@H](CCCNC(=N)N)C(=O)NC(C(=O)NCC(N)=O)CSCC(=O)N[C@@H](Cc2ccc(O)cc2)C(=O)N1C. The van der Waals surface area contributed by atoms with Gasteiger partial charge in [0.2, 0.25) is 100 Å². The van der Waals surface area contributed by atoms with Crippen LogP contribution in [0.4, 0.5) is 0 Å². The normalized spacial score (nSPS) is 25.4. The van der Waals surface area contributed by atoms with Crippen LogP contribution in [-0.4, -0.2) is 331 Å². The maximum absolute atomic E-state index is 15.2. The first-order valence-electron chi connectivity index (χ1n) is 42.0. The van der Waals surface area contributed by atoms with E-state index in [0.717, 1.165) is 36.3 Å². The molecule has 3 fully saturated rings. The van der Waals surface area contributed by atoms with Gasteiger partial charge in [0.1, 0.15) is 90.3 Å². The van der Waals surface area contributed by atoms with Crippen molar-refractivity contribution in [3.63, 3.8) is 0 Å². The number of likely N-dealkylation sites (N-methyl/N-ethyl adjacent to an activating group) is 3. The highest BCUT2D eigenvalue weighted by molar-refractivity contribution is 8.00. The number of nitrogens with one attached hydrogen (secondary N) is 14. The van der Waals surface area contributed by atoms with Crippen LogP contribution in [0.1, 0.15) is 102 Å². The third-order valence-electron chi connectivity index (χ3n) is 22.6. The highest BCUT2D eigenvalue weighted by Gasteiger charge is 2.46. The second kappa shape index (κ2) is 47.5. The third kappa shape index (κ3) is 27.3. The van der Waals surface area contributed by atoms with E-state index in [2.05, 4.69) is 68.5 Å². The topological polar surface area (TPSA) is 679 Å². The van der Waals surface area contributed by atoms with E-state index in [1.54, 1.807) is 67.8 Å². The molecule has 8 rings (SSSR count). The van der Waals surface area contributed by atoms with E-state index < -0.39 is 261 Å². The lowest BCUT2D eigenvalue weighted by atomic mass is 10.0. The number of thioether (sulfide) groups is 1. The van der Waals surface area contributed by atoms with Gasteiger partial charge in [0, 0.05) is 120 Å². The fraction of sp³-hybridized carbons (Fsp3) is 0.518. The van der Waals surface area contributed by atoms with Gasteiger partial charge in [-0.2, -0.15) is 0 Å². The number of nitrogens with zero attached hydrogens (tertiary/aromatic N) is 5. The van der Waals surface area contributed by atoms with Crippen molar-refractivity contribution in [2.24, 2.45) is 22.9 Å². The molecule has 2 aromatic heterocycles. The van der Waals surface area contributed by atoms with Gasteiger partial charge in [-0.05, 0) is 93.3 Å². The number of unbranched alkanes of at least 4 members (excludes halogenated alkanes) is 1. The summed E-state index contributed by atoms with van der Waals surface area (Å²) in [7, 11) is 3.75. The zero-order chi connectivity index (χ0) is 93.9. The van der Waals surface area contributed by atoms with E-state index in [1.165, 1.54) is 59.3 Å². The van der Waals surface area contributed by atoms with Crippen molar-refractivity contribution >= 4 is 140 Å². The minimum absolute atomic E-state index is 0.0206. The lowest BCUT2D eigenvalue weighted by Gasteiger charge is -2.34. The summed E-state index contributed by atoms with van der Waals surface area (Å²) in [6.45, 7) is 0.393. The number of rotatable bonds is 22. The van der Waals surface area contributed by atoms with Crippen LogP contribution in [0, 0.1) is 5.41 Å². The number of para-hydroxylation sites is 2. The molecule has 3 aliphatic rings. The van der Waals surface area contributed by atoms with Crippen molar-refractivity contribution < 1.29 is 102 Å². The van der Waals surface area contributed by atoms with E-state index in [-0.39, 0.29) is 76.6 Å². The number of carbonyl (C=O) groups excluding carboxylic acids is 17. The first-order valence-corrected chi connectivity index (χ1v) is 43.1. The average Bonchev–Trinajstić information content (AvgIpc) is 1.62. The number of aromatic nitrogens is 2. The summed E-state index contributed by atoms with van der Waals surface area (Å²) in [6.07, 6.45) is -0.448. The Kier molecular flexibility index (Phi) is 37.3. The first-order chi connectivity index (χ1) is 60.9. The molecule has 45 heteroatoms. The molecule has 696 valence electrons. The minimum Gasteiger partial charge on any atom is -0.508 e. The zero-order valence-corrected chi connectivity index (χ0v) is 72.8. The molecule has 5 heterocycles. The molecule has 128 heavy (non-hydrogen) atoms. The lowest BCUT2D eigenvalue weighted by molar-refractivity contribution is -0.148. The van der Waals surface area contributed by atoms with Gasteiger partial charge in [-0.15, -0.1) is 11.8 Å². The molecule has 17 amide bonds.